The molecule has 232 valence electrons. The predicted molar refractivity (Wildman–Crippen MR) is 178 cm³/mol. The van der Waals surface area contributed by atoms with Crippen molar-refractivity contribution in [1.29, 1.82) is 0 Å². The van der Waals surface area contributed by atoms with Crippen LogP contribution in [-0.2, 0) is 28.9 Å². The second-order valence-electron chi connectivity index (χ2n) is 11.6. The van der Waals surface area contributed by atoms with E-state index in [0.717, 1.165) is 53.9 Å². The maximum absolute atomic E-state index is 13.9. The maximum atomic E-state index is 13.9. The molecule has 3 aromatic rings. The first-order valence-electron chi connectivity index (χ1n) is 16.3. The van der Waals surface area contributed by atoms with Crippen LogP contribution in [0, 0.1) is 0 Å². The molecule has 3 rings (SSSR count). The molecule has 43 heavy (non-hydrogen) atoms. The van der Waals surface area contributed by atoms with Gasteiger partial charge in [-0.3, -0.25) is 9.59 Å². The summed E-state index contributed by atoms with van der Waals surface area (Å²) in [7, 11) is 1.41. The Labute approximate surface area is 260 Å². The largest absolute Gasteiger partial charge is 0.469 e. The third kappa shape index (κ3) is 11.6. The van der Waals surface area contributed by atoms with Crippen LogP contribution >= 0.6 is 0 Å². The molecule has 0 heterocycles. The molecule has 0 N–H and O–H groups in total. The number of carbonyl (C=O) groups excluding carboxylic acids is 2. The van der Waals surface area contributed by atoms with Crippen LogP contribution in [0.5, 0.6) is 0 Å². The Bertz CT molecular complexity index is 1210. The number of unbranched alkanes of at least 4 members (excludes halogenated alkanes) is 4. The number of nitrogens with zero attached hydrogens (tertiary/aromatic N) is 2. The Morgan fingerprint density at radius 1 is 0.605 bits per heavy atom. The van der Waals surface area contributed by atoms with E-state index in [1.165, 1.54) is 57.6 Å². The van der Waals surface area contributed by atoms with Gasteiger partial charge in [0.05, 0.1) is 13.5 Å². The fraction of sp³-hybridized carbons (Fsp3) is 0.474. The number of esters is 1. The van der Waals surface area contributed by atoms with Crippen molar-refractivity contribution in [3.05, 3.63) is 95.1 Å². The van der Waals surface area contributed by atoms with Gasteiger partial charge in [-0.2, -0.15) is 0 Å². The lowest BCUT2D eigenvalue weighted by atomic mass is 10.0. The molecule has 1 amide bonds. The van der Waals surface area contributed by atoms with E-state index in [2.05, 4.69) is 62.1 Å². The molecule has 0 saturated carbocycles. The molecule has 0 atom stereocenters. The third-order valence-electron chi connectivity index (χ3n) is 8.09. The van der Waals surface area contributed by atoms with E-state index in [0.29, 0.717) is 13.1 Å². The summed E-state index contributed by atoms with van der Waals surface area (Å²) in [4.78, 5) is 30.0. The summed E-state index contributed by atoms with van der Waals surface area (Å²) >= 11 is 0. The van der Waals surface area contributed by atoms with E-state index < -0.39 is 0 Å². The lowest BCUT2D eigenvalue weighted by molar-refractivity contribution is -0.139. The van der Waals surface area contributed by atoms with Crippen molar-refractivity contribution in [3.63, 3.8) is 0 Å². The summed E-state index contributed by atoms with van der Waals surface area (Å²) in [6.07, 6.45) is 9.70. The van der Waals surface area contributed by atoms with E-state index in [4.69, 9.17) is 4.74 Å². The highest BCUT2D eigenvalue weighted by molar-refractivity contribution is 5.94. The molecule has 5 heteroatoms. The number of ether oxygens (including phenoxy) is 1. The van der Waals surface area contributed by atoms with Gasteiger partial charge in [0, 0.05) is 25.2 Å². The van der Waals surface area contributed by atoms with Crippen LogP contribution in [0.4, 0.5) is 0 Å². The molecule has 0 aliphatic carbocycles. The average Bonchev–Trinajstić information content (AvgIpc) is 3.04. The minimum Gasteiger partial charge on any atom is -0.469 e. The van der Waals surface area contributed by atoms with Crippen molar-refractivity contribution in [2.24, 2.45) is 0 Å². The molecule has 0 radical (unpaired) electrons. The van der Waals surface area contributed by atoms with Gasteiger partial charge >= 0.3 is 5.97 Å². The van der Waals surface area contributed by atoms with E-state index in [1.54, 1.807) is 0 Å². The maximum Gasteiger partial charge on any atom is 0.309 e. The van der Waals surface area contributed by atoms with Crippen molar-refractivity contribution >= 4 is 11.9 Å². The Hall–Kier alpha value is -3.44. The molecule has 0 aromatic heterocycles. The molecular formula is C38H52N2O3. The number of benzene rings is 3. The Kier molecular flexibility index (Phi) is 15.0. The molecule has 5 nitrogen and oxygen atoms in total. The summed E-state index contributed by atoms with van der Waals surface area (Å²) in [5, 5.41) is 0. The first-order chi connectivity index (χ1) is 21.0. The van der Waals surface area contributed by atoms with Crippen molar-refractivity contribution < 1.29 is 14.3 Å². The highest BCUT2D eigenvalue weighted by Gasteiger charge is 2.18. The van der Waals surface area contributed by atoms with Crippen LogP contribution < -0.4 is 0 Å². The van der Waals surface area contributed by atoms with Gasteiger partial charge in [0.1, 0.15) is 0 Å². The topological polar surface area (TPSA) is 49.9 Å². The molecule has 0 aliphatic heterocycles. The lowest BCUT2D eigenvalue weighted by Gasteiger charge is -2.28. The van der Waals surface area contributed by atoms with Gasteiger partial charge in [-0.15, -0.1) is 0 Å². The Morgan fingerprint density at radius 3 is 1.67 bits per heavy atom. The number of hydrogen-bond acceptors (Lipinski definition) is 4. The highest BCUT2D eigenvalue weighted by Crippen LogP contribution is 2.22. The Balaban J connectivity index is 1.74. The number of hydrogen-bond donors (Lipinski definition) is 0. The second-order valence-corrected chi connectivity index (χ2v) is 11.6. The minimum atomic E-state index is -0.238. The minimum absolute atomic E-state index is 0.0938. The first kappa shape index (κ1) is 34.1. The summed E-state index contributed by atoms with van der Waals surface area (Å²) < 4.78 is 4.78. The Morgan fingerprint density at radius 2 is 1.14 bits per heavy atom. The quantitative estimate of drug-likeness (QED) is 0.105. The van der Waals surface area contributed by atoms with E-state index >= 15 is 0 Å². The summed E-state index contributed by atoms with van der Waals surface area (Å²) in [6.45, 7) is 11.0. The van der Waals surface area contributed by atoms with Gasteiger partial charge in [-0.05, 0) is 78.7 Å². The highest BCUT2D eigenvalue weighted by atomic mass is 16.5. The van der Waals surface area contributed by atoms with Crippen LogP contribution in [0.3, 0.4) is 0 Å². The standard InChI is InChI=1S/C38H52N2O3/c1-5-8-11-12-31-13-23-36(24-14-31)38(42)40(28-27-39(25-9-6-2)26-10-7-3)30-33-17-21-35(22-18-33)34-19-15-32(16-20-34)29-37(41)43-4/h13-24H,5-12,25-30H2,1-4H3. The summed E-state index contributed by atoms with van der Waals surface area (Å²) in [5.41, 5.74) is 6.31. The molecule has 3 aromatic carbocycles. The van der Waals surface area contributed by atoms with Gasteiger partial charge in [0.2, 0.25) is 0 Å². The molecule has 0 fully saturated rings. The fourth-order valence-corrected chi connectivity index (χ4v) is 5.27. The summed E-state index contributed by atoms with van der Waals surface area (Å²) in [6, 6.07) is 24.8. The molecule has 0 saturated heterocycles. The van der Waals surface area contributed by atoms with Gasteiger partial charge < -0.3 is 14.5 Å². The van der Waals surface area contributed by atoms with Crippen molar-refractivity contribution in [2.75, 3.05) is 33.3 Å². The number of amides is 1. The van der Waals surface area contributed by atoms with Crippen molar-refractivity contribution in [2.45, 2.75) is 85.1 Å². The van der Waals surface area contributed by atoms with Crippen LogP contribution in [0.1, 0.15) is 92.8 Å². The molecule has 0 aliphatic rings. The lowest BCUT2D eigenvalue weighted by Crippen LogP contribution is -2.39. The molecular weight excluding hydrogens is 532 g/mol. The SMILES string of the molecule is CCCCCc1ccc(C(=O)N(CCN(CCCC)CCCC)Cc2ccc(-c3ccc(CC(=O)OC)cc3)cc2)cc1. The molecule has 0 unspecified atom stereocenters. The second kappa shape index (κ2) is 19.0. The zero-order valence-electron chi connectivity index (χ0n) is 26.9. The average molecular weight is 585 g/mol. The zero-order chi connectivity index (χ0) is 30.9. The number of methoxy groups -OCH3 is 1. The van der Waals surface area contributed by atoms with Gasteiger partial charge in [-0.1, -0.05) is 107 Å². The number of carbonyl (C=O) groups is 2. The van der Waals surface area contributed by atoms with Crippen LogP contribution in [0.2, 0.25) is 0 Å². The smallest absolute Gasteiger partial charge is 0.309 e. The third-order valence-corrected chi connectivity index (χ3v) is 8.09. The summed E-state index contributed by atoms with van der Waals surface area (Å²) in [5.74, 6) is -0.144. The van der Waals surface area contributed by atoms with Crippen LogP contribution in [0.25, 0.3) is 11.1 Å². The number of aryl methyl sites for hydroxylation is 1. The zero-order valence-corrected chi connectivity index (χ0v) is 26.9. The van der Waals surface area contributed by atoms with Gasteiger partial charge in [-0.25, -0.2) is 0 Å². The normalized spacial score (nSPS) is 11.1. The van der Waals surface area contributed by atoms with Crippen molar-refractivity contribution in [3.8, 4) is 11.1 Å². The molecule has 0 spiro atoms. The van der Waals surface area contributed by atoms with E-state index in [1.807, 2.05) is 41.3 Å². The van der Waals surface area contributed by atoms with E-state index in [-0.39, 0.29) is 18.3 Å². The van der Waals surface area contributed by atoms with Crippen LogP contribution in [0.15, 0.2) is 72.8 Å². The van der Waals surface area contributed by atoms with Gasteiger partial charge in [0.25, 0.3) is 5.91 Å². The van der Waals surface area contributed by atoms with Crippen LogP contribution in [-0.4, -0.2) is 55.0 Å². The van der Waals surface area contributed by atoms with Crippen molar-refractivity contribution in [1.82, 2.24) is 9.80 Å². The first-order valence-corrected chi connectivity index (χ1v) is 16.3. The van der Waals surface area contributed by atoms with E-state index in [9.17, 15) is 9.59 Å². The number of rotatable bonds is 19. The monoisotopic (exact) mass is 584 g/mol. The fourth-order valence-electron chi connectivity index (χ4n) is 5.27. The molecule has 0 bridgehead atoms. The van der Waals surface area contributed by atoms with Gasteiger partial charge in [0.15, 0.2) is 0 Å². The predicted octanol–water partition coefficient (Wildman–Crippen LogP) is 8.35.